The molecule has 0 spiro atoms. The highest BCUT2D eigenvalue weighted by Crippen LogP contribution is 2.26. The van der Waals surface area contributed by atoms with Gasteiger partial charge in [-0.2, -0.15) is 0 Å². The zero-order valence-electron chi connectivity index (χ0n) is 12.7. The maximum absolute atomic E-state index is 13.0. The van der Waals surface area contributed by atoms with Gasteiger partial charge in [0.2, 0.25) is 0 Å². The van der Waals surface area contributed by atoms with Crippen LogP contribution in [0.3, 0.4) is 0 Å². The van der Waals surface area contributed by atoms with E-state index in [1.54, 1.807) is 12.1 Å². The van der Waals surface area contributed by atoms with Gasteiger partial charge in [-0.15, -0.1) is 0 Å². The zero-order valence-corrected chi connectivity index (χ0v) is 12.7. The molecule has 1 aromatic carbocycles. The average molecular weight is 310 g/mol. The van der Waals surface area contributed by atoms with Crippen LogP contribution in [0.2, 0.25) is 0 Å². The Morgan fingerprint density at radius 1 is 1.26 bits per heavy atom. The molecule has 3 rings (SSSR count). The van der Waals surface area contributed by atoms with Gasteiger partial charge in [0.05, 0.1) is 11.7 Å². The number of carboxylic acids is 1. The fourth-order valence-corrected chi connectivity index (χ4v) is 2.76. The molecule has 2 heterocycles. The van der Waals surface area contributed by atoms with Crippen LogP contribution in [-0.2, 0) is 6.54 Å². The van der Waals surface area contributed by atoms with Crippen LogP contribution in [-0.4, -0.2) is 41.4 Å². The van der Waals surface area contributed by atoms with Crippen molar-refractivity contribution < 1.29 is 19.4 Å². The first-order valence-corrected chi connectivity index (χ1v) is 7.05. The second-order valence-electron chi connectivity index (χ2n) is 5.44. The molecule has 2 N–H and O–H groups in total. The van der Waals surface area contributed by atoms with E-state index in [2.05, 4.69) is 4.98 Å². The Bertz CT molecular complexity index is 923. The molecule has 0 unspecified atom stereocenters. The lowest BCUT2D eigenvalue weighted by atomic mass is 9.84. The summed E-state index contributed by atoms with van der Waals surface area (Å²) in [5.41, 5.74) is 2.87. The highest BCUT2D eigenvalue weighted by Gasteiger charge is 2.20. The molecule has 8 heteroatoms. The van der Waals surface area contributed by atoms with Crippen molar-refractivity contribution in [3.05, 3.63) is 47.5 Å². The van der Waals surface area contributed by atoms with E-state index in [1.165, 1.54) is 18.3 Å². The Kier molecular flexibility index (Phi) is 3.60. The second-order valence-corrected chi connectivity index (χ2v) is 5.44. The topological polar surface area (TPSA) is 75.4 Å². The molecule has 0 saturated carbocycles. The van der Waals surface area contributed by atoms with Crippen LogP contribution in [0, 0.1) is 5.82 Å². The van der Waals surface area contributed by atoms with Crippen LogP contribution in [0.5, 0.6) is 5.75 Å². The molecule has 0 aliphatic rings. The first-order valence-electron chi connectivity index (χ1n) is 7.05. The second kappa shape index (κ2) is 5.46. The Balaban J connectivity index is 2.18. The lowest BCUT2D eigenvalue weighted by Gasteiger charge is -2.09. The normalized spacial score (nSPS) is 11.0. The summed E-state index contributed by atoms with van der Waals surface area (Å²) in [7, 11) is 3.71. The predicted octanol–water partition coefficient (Wildman–Crippen LogP) is -0.856. The third-order valence-electron chi connectivity index (χ3n) is 4.10. The van der Waals surface area contributed by atoms with Gasteiger partial charge in [-0.25, -0.2) is 14.2 Å². The number of benzene rings is 1. The van der Waals surface area contributed by atoms with Crippen molar-refractivity contribution in [1.29, 1.82) is 0 Å². The van der Waals surface area contributed by atoms with E-state index in [0.717, 1.165) is 16.6 Å². The van der Waals surface area contributed by atoms with Crippen molar-refractivity contribution in [3.8, 4) is 5.75 Å². The van der Waals surface area contributed by atoms with Gasteiger partial charge >= 0.3 is 5.97 Å². The molecule has 0 atom stereocenters. The van der Waals surface area contributed by atoms with Crippen LogP contribution in [0.15, 0.2) is 30.5 Å². The third-order valence-corrected chi connectivity index (χ3v) is 4.10. The van der Waals surface area contributed by atoms with E-state index >= 15 is 0 Å². The van der Waals surface area contributed by atoms with Gasteiger partial charge in [0.15, 0.2) is 19.3 Å². The molecule has 0 aliphatic carbocycles. The summed E-state index contributed by atoms with van der Waals surface area (Å²) >= 11 is 0. The van der Waals surface area contributed by atoms with Gasteiger partial charge in [0.1, 0.15) is 13.7 Å². The number of aromatic carboxylic acids is 1. The first kappa shape index (κ1) is 15.1. The smallest absolute Gasteiger partial charge is 0.358 e. The Hall–Kier alpha value is -2.76. The van der Waals surface area contributed by atoms with Crippen molar-refractivity contribution in [2.24, 2.45) is 0 Å². The monoisotopic (exact) mass is 310 g/mol. The quantitative estimate of drug-likeness (QED) is 0.618. The van der Waals surface area contributed by atoms with Gasteiger partial charge < -0.3 is 14.8 Å². The molecule has 114 valence electrons. The van der Waals surface area contributed by atoms with E-state index in [9.17, 15) is 14.3 Å². The highest BCUT2D eigenvalue weighted by molar-refractivity contribution is 6.53. The Labute approximate surface area is 133 Å². The van der Waals surface area contributed by atoms with Crippen molar-refractivity contribution in [2.45, 2.75) is 6.54 Å². The zero-order chi connectivity index (χ0) is 16.7. The van der Waals surface area contributed by atoms with Crippen LogP contribution in [0.1, 0.15) is 16.1 Å². The number of hydrogen-bond donors (Lipinski definition) is 2. The number of carboxylic acid groups (broad SMARTS) is 1. The minimum atomic E-state index is -1.27. The van der Waals surface area contributed by atoms with Crippen LogP contribution < -0.4 is 11.1 Å². The lowest BCUT2D eigenvalue weighted by Crippen LogP contribution is -2.30. The van der Waals surface area contributed by atoms with Gasteiger partial charge in [-0.1, -0.05) is 17.6 Å². The van der Waals surface area contributed by atoms with Gasteiger partial charge in [0.25, 0.3) is 0 Å². The summed E-state index contributed by atoms with van der Waals surface area (Å²) in [4.78, 5) is 15.0. The molecule has 0 aliphatic heterocycles. The van der Waals surface area contributed by atoms with E-state index < -0.39 is 5.97 Å². The molecule has 2 aromatic heterocycles. The van der Waals surface area contributed by atoms with E-state index in [1.807, 2.05) is 20.3 Å². The van der Waals surface area contributed by atoms with Gasteiger partial charge in [0, 0.05) is 11.9 Å². The van der Waals surface area contributed by atoms with Gasteiger partial charge in [-0.3, -0.25) is 0 Å². The summed E-state index contributed by atoms with van der Waals surface area (Å²) in [6.45, 7) is 0.476. The maximum Gasteiger partial charge on any atom is 0.358 e. The number of rotatable bonds is 3. The standard InChI is InChI=1S/C15H13B2FN2O3/c16-11-10-9(5-19-12(13(10)21)15(22)23)20(14(11)17)6-7-1-3-8(18)4-2-7/h1-5,21H,6,16-17H2,(H,22,23). The minimum Gasteiger partial charge on any atom is -0.505 e. The Morgan fingerprint density at radius 3 is 2.52 bits per heavy atom. The molecular formula is C15H13B2FN2O3. The third kappa shape index (κ3) is 2.46. The number of hydrogen-bond acceptors (Lipinski definition) is 3. The summed E-state index contributed by atoms with van der Waals surface area (Å²) in [5, 5.41) is 19.8. The SMILES string of the molecule is Bc1c(B)n(Cc2ccc(F)cc2)c2cnc(C(=O)O)c(O)c12. The fraction of sp³-hybridized carbons (Fsp3) is 0.0667. The number of halogens is 1. The van der Waals surface area contributed by atoms with E-state index in [0.29, 0.717) is 17.4 Å². The van der Waals surface area contributed by atoms with E-state index in [-0.39, 0.29) is 17.3 Å². The van der Waals surface area contributed by atoms with Crippen LogP contribution in [0.25, 0.3) is 10.9 Å². The van der Waals surface area contributed by atoms with Crippen molar-refractivity contribution in [1.82, 2.24) is 9.55 Å². The molecule has 0 amide bonds. The highest BCUT2D eigenvalue weighted by atomic mass is 19.1. The molecule has 23 heavy (non-hydrogen) atoms. The van der Waals surface area contributed by atoms with E-state index in [4.69, 9.17) is 5.11 Å². The van der Waals surface area contributed by atoms with Crippen molar-refractivity contribution in [2.75, 3.05) is 0 Å². The Morgan fingerprint density at radius 2 is 1.91 bits per heavy atom. The molecular weight excluding hydrogens is 297 g/mol. The summed E-state index contributed by atoms with van der Waals surface area (Å²) in [5.74, 6) is -1.90. The predicted molar refractivity (Wildman–Crippen MR) is 90.2 cm³/mol. The molecule has 0 bridgehead atoms. The average Bonchev–Trinajstić information content (AvgIpc) is 2.75. The number of aromatic nitrogens is 2. The maximum atomic E-state index is 13.0. The first-order chi connectivity index (χ1) is 10.9. The number of carbonyl (C=O) groups is 1. The lowest BCUT2D eigenvalue weighted by molar-refractivity contribution is 0.0687. The fourth-order valence-electron chi connectivity index (χ4n) is 2.76. The molecule has 3 aromatic rings. The van der Waals surface area contributed by atoms with Crippen molar-refractivity contribution >= 4 is 43.6 Å². The molecule has 5 nitrogen and oxygen atoms in total. The number of pyridine rings is 1. The van der Waals surface area contributed by atoms with Gasteiger partial charge in [-0.05, 0) is 23.3 Å². The summed E-state index contributed by atoms with van der Waals surface area (Å²) in [6.07, 6.45) is 1.45. The summed E-state index contributed by atoms with van der Waals surface area (Å²) in [6, 6.07) is 6.16. The minimum absolute atomic E-state index is 0.301. The number of aromatic hydroxyl groups is 1. The number of fused-ring (bicyclic) bond motifs is 1. The summed E-state index contributed by atoms with van der Waals surface area (Å²) < 4.78 is 15.0. The molecule has 0 radical (unpaired) electrons. The van der Waals surface area contributed by atoms with Crippen LogP contribution >= 0.6 is 0 Å². The molecule has 0 fully saturated rings. The van der Waals surface area contributed by atoms with Crippen LogP contribution in [0.4, 0.5) is 4.39 Å². The van der Waals surface area contributed by atoms with Crippen molar-refractivity contribution in [3.63, 3.8) is 0 Å². The largest absolute Gasteiger partial charge is 0.505 e. The molecule has 0 saturated heterocycles. The number of nitrogens with zero attached hydrogens (tertiary/aromatic N) is 2.